The predicted molar refractivity (Wildman–Crippen MR) is 48.9 cm³/mol. The smallest absolute Gasteiger partial charge is 0.373 e. The molecule has 0 rings (SSSR count). The monoisotopic (exact) mass is 226 g/mol. The van der Waals surface area contributed by atoms with Crippen LogP contribution in [-0.2, 0) is 14.3 Å². The van der Waals surface area contributed by atoms with Crippen molar-refractivity contribution in [1.82, 2.24) is 5.43 Å². The van der Waals surface area contributed by atoms with Gasteiger partial charge in [0.15, 0.2) is 0 Å². The molecular weight excluding hydrogens is 210 g/mol. The fraction of sp³-hybridized carbons (Fsp3) is 0.875. The maximum atomic E-state index is 12.7. The van der Waals surface area contributed by atoms with Crippen LogP contribution in [0.1, 0.15) is 20.8 Å². The molecule has 0 aromatic rings. The van der Waals surface area contributed by atoms with Gasteiger partial charge in [0.05, 0.1) is 18.8 Å². The summed E-state index contributed by atoms with van der Waals surface area (Å²) < 4.78 is 34.5. The Kier molecular flexibility index (Phi) is 5.06. The highest BCUT2D eigenvalue weighted by Gasteiger charge is 2.39. The van der Waals surface area contributed by atoms with Gasteiger partial charge in [0.2, 0.25) is 0 Å². The second-order valence-corrected chi connectivity index (χ2v) is 3.80. The molecule has 7 heteroatoms. The summed E-state index contributed by atoms with van der Waals surface area (Å²) in [4.78, 5) is 10.5. The summed E-state index contributed by atoms with van der Waals surface area (Å²) in [5.41, 5.74) is 0.872. The molecule has 5 nitrogen and oxygen atoms in total. The number of ether oxygens (including phenoxy) is 2. The van der Waals surface area contributed by atoms with Crippen LogP contribution in [0.3, 0.4) is 0 Å². The molecule has 0 aliphatic heterocycles. The molecule has 0 aromatic heterocycles. The number of hydrazine groups is 1. The number of rotatable bonds is 5. The minimum Gasteiger partial charge on any atom is -0.373 e. The molecule has 0 heterocycles. The van der Waals surface area contributed by atoms with Crippen LogP contribution in [0.4, 0.5) is 8.78 Å². The number of nitrogens with one attached hydrogen (secondary N) is 1. The van der Waals surface area contributed by atoms with Crippen LogP contribution in [0.2, 0.25) is 0 Å². The first-order valence-corrected chi connectivity index (χ1v) is 4.36. The maximum absolute atomic E-state index is 12.7. The van der Waals surface area contributed by atoms with Gasteiger partial charge >= 0.3 is 12.0 Å². The van der Waals surface area contributed by atoms with E-state index >= 15 is 0 Å². The first kappa shape index (κ1) is 14.2. The third-order valence-electron chi connectivity index (χ3n) is 1.30. The van der Waals surface area contributed by atoms with E-state index in [1.807, 2.05) is 0 Å². The molecule has 15 heavy (non-hydrogen) atoms. The molecule has 0 spiro atoms. The van der Waals surface area contributed by atoms with Gasteiger partial charge in [-0.15, -0.1) is 0 Å². The van der Waals surface area contributed by atoms with Crippen molar-refractivity contribution in [2.75, 3.05) is 13.2 Å². The number of halogens is 2. The van der Waals surface area contributed by atoms with Crippen molar-refractivity contribution in [2.45, 2.75) is 32.5 Å². The Bertz CT molecular complexity index is 216. The Morgan fingerprint density at radius 2 is 1.73 bits per heavy atom. The maximum Gasteiger partial charge on any atom is 0.437 e. The van der Waals surface area contributed by atoms with E-state index in [-0.39, 0.29) is 6.61 Å². The number of carbonyl (C=O) groups is 1. The second-order valence-electron chi connectivity index (χ2n) is 3.80. The fourth-order valence-corrected chi connectivity index (χ4v) is 0.667. The number of alkyl halides is 2. The largest absolute Gasteiger partial charge is 0.437 e. The van der Waals surface area contributed by atoms with Crippen molar-refractivity contribution in [3.8, 4) is 0 Å². The summed E-state index contributed by atoms with van der Waals surface area (Å²) in [5, 5.41) is 0. The van der Waals surface area contributed by atoms with Crippen molar-refractivity contribution < 1.29 is 23.0 Å². The normalized spacial score (nSPS) is 12.7. The fourth-order valence-electron chi connectivity index (χ4n) is 0.667. The summed E-state index contributed by atoms with van der Waals surface area (Å²) in [6.07, 6.45) is -3.92. The molecule has 0 saturated heterocycles. The number of carbonyl (C=O) groups excluding carboxylic acids is 1. The minimum absolute atomic E-state index is 0.0308. The molecule has 0 bridgehead atoms. The molecule has 1 amide bonds. The Morgan fingerprint density at radius 3 is 2.13 bits per heavy atom. The van der Waals surface area contributed by atoms with Crippen LogP contribution >= 0.6 is 0 Å². The molecule has 0 fully saturated rings. The Labute approximate surface area is 86.9 Å². The van der Waals surface area contributed by atoms with E-state index in [4.69, 9.17) is 4.74 Å². The molecular formula is C8H16F2N2O3. The van der Waals surface area contributed by atoms with E-state index in [1.54, 1.807) is 20.8 Å². The van der Waals surface area contributed by atoms with Crippen molar-refractivity contribution in [3.05, 3.63) is 0 Å². The quantitative estimate of drug-likeness (QED) is 0.308. The van der Waals surface area contributed by atoms with Crippen molar-refractivity contribution >= 4 is 5.91 Å². The zero-order valence-corrected chi connectivity index (χ0v) is 8.97. The van der Waals surface area contributed by atoms with Crippen molar-refractivity contribution in [3.63, 3.8) is 0 Å². The first-order chi connectivity index (χ1) is 6.69. The zero-order valence-electron chi connectivity index (χ0n) is 8.97. The van der Waals surface area contributed by atoms with E-state index in [0.717, 1.165) is 0 Å². The van der Waals surface area contributed by atoms with Gasteiger partial charge in [0.1, 0.15) is 0 Å². The molecule has 0 saturated carbocycles. The number of hydrogen-bond acceptors (Lipinski definition) is 4. The zero-order chi connectivity index (χ0) is 12.1. The Hall–Kier alpha value is -0.790. The summed E-state index contributed by atoms with van der Waals surface area (Å²) in [5.74, 6) is 2.86. The van der Waals surface area contributed by atoms with Crippen LogP contribution in [0.5, 0.6) is 0 Å². The molecule has 0 atom stereocenters. The van der Waals surface area contributed by atoms with Crippen LogP contribution in [0.15, 0.2) is 0 Å². The van der Waals surface area contributed by atoms with Crippen molar-refractivity contribution in [2.24, 2.45) is 5.84 Å². The van der Waals surface area contributed by atoms with Gasteiger partial charge in [-0.3, -0.25) is 10.2 Å². The van der Waals surface area contributed by atoms with E-state index < -0.39 is 24.2 Å². The third kappa shape index (κ3) is 6.32. The molecule has 0 radical (unpaired) electrons. The van der Waals surface area contributed by atoms with Gasteiger partial charge in [0, 0.05) is 0 Å². The van der Waals surface area contributed by atoms with Gasteiger partial charge in [0.25, 0.3) is 0 Å². The lowest BCUT2D eigenvalue weighted by Gasteiger charge is -2.20. The lowest BCUT2D eigenvalue weighted by Crippen LogP contribution is -2.46. The topological polar surface area (TPSA) is 73.6 Å². The van der Waals surface area contributed by atoms with Crippen LogP contribution < -0.4 is 11.3 Å². The van der Waals surface area contributed by atoms with Crippen LogP contribution in [0.25, 0.3) is 0 Å². The number of hydrogen-bond donors (Lipinski definition) is 2. The van der Waals surface area contributed by atoms with Gasteiger partial charge in [-0.05, 0) is 20.8 Å². The van der Waals surface area contributed by atoms with Gasteiger partial charge in [-0.25, -0.2) is 5.84 Å². The number of nitrogens with two attached hydrogens (primary N) is 1. The summed E-state index contributed by atoms with van der Waals surface area (Å²) in [6, 6.07) is 0. The van der Waals surface area contributed by atoms with Gasteiger partial charge in [-0.1, -0.05) is 0 Å². The molecule has 3 N–H and O–H groups in total. The van der Waals surface area contributed by atoms with E-state index in [1.165, 1.54) is 5.43 Å². The van der Waals surface area contributed by atoms with E-state index in [9.17, 15) is 13.6 Å². The molecule has 0 aliphatic carbocycles. The van der Waals surface area contributed by atoms with E-state index in [0.29, 0.717) is 0 Å². The van der Waals surface area contributed by atoms with E-state index in [2.05, 4.69) is 10.6 Å². The van der Waals surface area contributed by atoms with Crippen molar-refractivity contribution in [1.29, 1.82) is 0 Å². The Morgan fingerprint density at radius 1 is 1.27 bits per heavy atom. The first-order valence-electron chi connectivity index (χ1n) is 4.36. The van der Waals surface area contributed by atoms with Crippen LogP contribution in [0, 0.1) is 0 Å². The standard InChI is InChI=1S/C8H16F2N2O3/c1-7(2,3)14-4-5-15-8(9,10)6(13)12-11/h4-5,11H2,1-3H3,(H,12,13). The van der Waals surface area contributed by atoms with Crippen LogP contribution in [-0.4, -0.2) is 30.8 Å². The summed E-state index contributed by atoms with van der Waals surface area (Å²) in [6.45, 7) is 4.90. The Balaban J connectivity index is 3.81. The second kappa shape index (κ2) is 5.34. The summed E-state index contributed by atoms with van der Waals surface area (Å²) in [7, 11) is 0. The third-order valence-corrected chi connectivity index (χ3v) is 1.30. The highest BCUT2D eigenvalue weighted by molar-refractivity contribution is 5.81. The SMILES string of the molecule is CC(C)(C)OCCOC(F)(F)C(=O)NN. The predicted octanol–water partition coefficient (Wildman–Crippen LogP) is 0.401. The molecule has 90 valence electrons. The summed E-state index contributed by atoms with van der Waals surface area (Å²) >= 11 is 0. The average molecular weight is 226 g/mol. The van der Waals surface area contributed by atoms with Gasteiger partial charge < -0.3 is 9.47 Å². The average Bonchev–Trinajstić information content (AvgIpc) is 2.09. The lowest BCUT2D eigenvalue weighted by molar-refractivity contribution is -0.237. The number of amides is 1. The highest BCUT2D eigenvalue weighted by atomic mass is 19.3. The molecule has 0 aromatic carbocycles. The highest BCUT2D eigenvalue weighted by Crippen LogP contribution is 2.15. The minimum atomic E-state index is -3.92. The molecule has 0 aliphatic rings. The lowest BCUT2D eigenvalue weighted by atomic mass is 10.2. The van der Waals surface area contributed by atoms with Gasteiger partial charge in [-0.2, -0.15) is 8.78 Å². The molecule has 0 unspecified atom stereocenters.